The molecule has 1 heterocycles. The molecule has 0 spiro atoms. The summed E-state index contributed by atoms with van der Waals surface area (Å²) in [6.07, 6.45) is 4.78. The van der Waals surface area contributed by atoms with Crippen molar-refractivity contribution in [3.8, 4) is 17.2 Å². The van der Waals surface area contributed by atoms with Crippen molar-refractivity contribution in [3.63, 3.8) is 0 Å². The number of allylic oxidation sites excluding steroid dienone is 1. The molecule has 2 N–H and O–H groups in total. The summed E-state index contributed by atoms with van der Waals surface area (Å²) < 4.78 is 17.1. The Kier molecular flexibility index (Phi) is 14.5. The van der Waals surface area contributed by atoms with E-state index in [0.29, 0.717) is 17.2 Å². The quantitative estimate of drug-likeness (QED) is 0.121. The van der Waals surface area contributed by atoms with E-state index in [1.807, 2.05) is 63.3 Å². The van der Waals surface area contributed by atoms with E-state index in [1.165, 1.54) is 12.0 Å². The molecule has 0 aliphatic heterocycles. The molecule has 11 heteroatoms. The number of aromatic nitrogens is 1. The molecule has 0 radical (unpaired) electrons. The van der Waals surface area contributed by atoms with Gasteiger partial charge in [-0.2, -0.15) is 0 Å². The Morgan fingerprint density at radius 3 is 2.50 bits per heavy atom. The van der Waals surface area contributed by atoms with E-state index in [9.17, 15) is 20.0 Å². The van der Waals surface area contributed by atoms with Crippen LogP contribution in [0.1, 0.15) is 44.9 Å². The number of nitrogens with zero attached hydrogens (tertiary/aromatic N) is 2. The summed E-state index contributed by atoms with van der Waals surface area (Å²) in [6.45, 7) is 9.82. The maximum absolute atomic E-state index is 12.9. The Bertz CT molecular complexity index is 1320. The van der Waals surface area contributed by atoms with Gasteiger partial charge in [0.25, 0.3) is 5.09 Å². The monoisotopic (exact) mass is 583 g/mol. The summed E-state index contributed by atoms with van der Waals surface area (Å²) in [4.78, 5) is 32.4. The van der Waals surface area contributed by atoms with Gasteiger partial charge >= 0.3 is 0 Å². The Hall–Kier alpha value is -4.51. The van der Waals surface area contributed by atoms with Crippen LogP contribution in [-0.2, 0) is 9.63 Å². The van der Waals surface area contributed by atoms with Gasteiger partial charge in [0.1, 0.15) is 25.1 Å². The second kappa shape index (κ2) is 18.0. The van der Waals surface area contributed by atoms with Crippen LogP contribution in [-0.4, -0.2) is 72.1 Å². The number of hydrogen-bond acceptors (Lipinski definition) is 8. The summed E-state index contributed by atoms with van der Waals surface area (Å²) >= 11 is 0. The number of fused-ring (bicyclic) bond motifs is 1. The van der Waals surface area contributed by atoms with Gasteiger partial charge in [0.2, 0.25) is 5.91 Å². The first-order valence-electron chi connectivity index (χ1n) is 13.9. The molecular weight excluding hydrogens is 542 g/mol. The van der Waals surface area contributed by atoms with Gasteiger partial charge in [-0.05, 0) is 43.7 Å². The van der Waals surface area contributed by atoms with Crippen LogP contribution >= 0.6 is 0 Å². The molecule has 42 heavy (non-hydrogen) atoms. The van der Waals surface area contributed by atoms with Gasteiger partial charge in [0.05, 0.1) is 32.3 Å². The van der Waals surface area contributed by atoms with Crippen LogP contribution in [0.25, 0.3) is 23.1 Å². The molecule has 0 saturated carbocycles. The predicted molar refractivity (Wildman–Crippen MR) is 163 cm³/mol. The van der Waals surface area contributed by atoms with E-state index in [-0.39, 0.29) is 51.7 Å². The number of H-pyrrole nitrogens is 1. The number of aromatic amines is 1. The van der Waals surface area contributed by atoms with Gasteiger partial charge < -0.3 is 34.0 Å². The van der Waals surface area contributed by atoms with E-state index in [2.05, 4.69) is 16.4 Å². The zero-order valence-corrected chi connectivity index (χ0v) is 24.7. The minimum Gasteiger partial charge on any atom is -0.493 e. The fourth-order valence-electron chi connectivity index (χ4n) is 4.22. The van der Waals surface area contributed by atoms with Crippen LogP contribution in [0.15, 0.2) is 55.1 Å². The van der Waals surface area contributed by atoms with Gasteiger partial charge in [-0.3, -0.25) is 4.79 Å². The molecular formula is C31H41N3O8. The van der Waals surface area contributed by atoms with Crippen molar-refractivity contribution in [2.75, 3.05) is 40.0 Å². The largest absolute Gasteiger partial charge is 0.493 e. The van der Waals surface area contributed by atoms with Gasteiger partial charge in [-0.25, -0.2) is 0 Å². The lowest BCUT2D eigenvalue weighted by Crippen LogP contribution is -2.42. The van der Waals surface area contributed by atoms with Gasteiger partial charge in [-0.15, -0.1) is 10.1 Å². The Morgan fingerprint density at radius 1 is 1.12 bits per heavy atom. The minimum atomic E-state index is -1.01. The number of benzene rings is 2. The number of ether oxygens (including phenoxy) is 3. The van der Waals surface area contributed by atoms with Crippen molar-refractivity contribution >= 4 is 29.0 Å². The smallest absolute Gasteiger partial charge is 0.294 e. The molecule has 3 rings (SSSR count). The maximum atomic E-state index is 12.9. The molecule has 1 aromatic heterocycles. The lowest BCUT2D eigenvalue weighted by Gasteiger charge is -2.26. The topological polar surface area (TPSA) is 136 Å². The molecule has 1 unspecified atom stereocenters. The fraction of sp³-hybridized carbons (Fsp3) is 0.387. The van der Waals surface area contributed by atoms with E-state index in [0.717, 1.165) is 22.2 Å². The number of hydrogen-bond donors (Lipinski definition) is 2. The van der Waals surface area contributed by atoms with Gasteiger partial charge in [0, 0.05) is 23.1 Å². The number of para-hydroxylation sites is 2. The Balaban J connectivity index is 0.00000301. The zero-order chi connectivity index (χ0) is 30.9. The second-order valence-electron chi connectivity index (χ2n) is 8.80. The molecule has 1 amide bonds. The highest BCUT2D eigenvalue weighted by atomic mass is 16.9. The third-order valence-corrected chi connectivity index (χ3v) is 6.03. The van der Waals surface area contributed by atoms with Crippen LogP contribution in [0.5, 0.6) is 17.2 Å². The van der Waals surface area contributed by atoms with Crippen LogP contribution in [0, 0.1) is 10.1 Å². The zero-order valence-electron chi connectivity index (χ0n) is 24.7. The number of aliphatic hydroxyl groups excluding tert-OH is 1. The lowest BCUT2D eigenvalue weighted by molar-refractivity contribution is -0.757. The standard InChI is InChI=1S/C29H35N3O8.C2H6/c1-4-10-22-23(5-2)30-24-11-8-14-27(29(22)24)39-20-21(33)19-31(28(34)15-9-17-40-32(35)36)16-18-38-26-13-7-6-12-25(26)37-3;1-2/h4-8,10-14,21,30,33H,2,9,15-20H2,1,3H3;1-2H3/b10-4-;. The minimum absolute atomic E-state index is 0.00970. The molecule has 11 nitrogen and oxygen atoms in total. The van der Waals surface area contributed by atoms with Crippen molar-refractivity contribution in [2.45, 2.75) is 39.7 Å². The molecule has 2 aromatic carbocycles. The highest BCUT2D eigenvalue weighted by Gasteiger charge is 2.20. The molecule has 0 aliphatic rings. The van der Waals surface area contributed by atoms with Crippen molar-refractivity contribution in [2.24, 2.45) is 0 Å². The highest BCUT2D eigenvalue weighted by molar-refractivity contribution is 5.97. The molecule has 0 saturated heterocycles. The van der Waals surface area contributed by atoms with Crippen molar-refractivity contribution in [1.82, 2.24) is 9.88 Å². The third kappa shape index (κ3) is 9.84. The summed E-state index contributed by atoms with van der Waals surface area (Å²) in [5, 5.41) is 21.2. The van der Waals surface area contributed by atoms with E-state index >= 15 is 0 Å². The van der Waals surface area contributed by atoms with E-state index < -0.39 is 11.2 Å². The van der Waals surface area contributed by atoms with Gasteiger partial charge in [0.15, 0.2) is 11.5 Å². The Labute approximate surface area is 246 Å². The first-order valence-corrected chi connectivity index (χ1v) is 13.9. The summed E-state index contributed by atoms with van der Waals surface area (Å²) in [7, 11) is 1.54. The molecule has 228 valence electrons. The molecule has 0 fully saturated rings. The average molecular weight is 584 g/mol. The first kappa shape index (κ1) is 33.7. The predicted octanol–water partition coefficient (Wildman–Crippen LogP) is 5.51. The summed E-state index contributed by atoms with van der Waals surface area (Å²) in [6, 6.07) is 12.8. The van der Waals surface area contributed by atoms with Crippen LogP contribution < -0.4 is 14.2 Å². The molecule has 0 aliphatic carbocycles. The number of nitrogens with one attached hydrogen (secondary N) is 1. The second-order valence-corrected chi connectivity index (χ2v) is 8.80. The number of aliphatic hydroxyl groups is 1. The number of amides is 1. The molecule has 1 atom stereocenters. The van der Waals surface area contributed by atoms with Crippen LogP contribution in [0.3, 0.4) is 0 Å². The van der Waals surface area contributed by atoms with Crippen LogP contribution in [0.4, 0.5) is 0 Å². The van der Waals surface area contributed by atoms with Crippen molar-refractivity contribution in [3.05, 3.63) is 76.5 Å². The first-order chi connectivity index (χ1) is 20.4. The van der Waals surface area contributed by atoms with Crippen molar-refractivity contribution < 1.29 is 34.0 Å². The molecule has 3 aromatic rings. The van der Waals surface area contributed by atoms with E-state index in [1.54, 1.807) is 18.2 Å². The van der Waals surface area contributed by atoms with Crippen LogP contribution in [0.2, 0.25) is 0 Å². The summed E-state index contributed by atoms with van der Waals surface area (Å²) in [5.41, 5.74) is 2.66. The third-order valence-electron chi connectivity index (χ3n) is 6.03. The summed E-state index contributed by atoms with van der Waals surface area (Å²) in [5.74, 6) is 1.37. The average Bonchev–Trinajstić information content (AvgIpc) is 3.37. The number of rotatable bonds is 17. The SMILES string of the molecule is C=Cc1[nH]c2cccc(OCC(O)CN(CCOc3ccccc3OC)C(=O)CCCO[N+](=O)[O-])c2c1/C=C\C.CC. The number of carbonyl (C=O) groups is 1. The highest BCUT2D eigenvalue weighted by Crippen LogP contribution is 2.33. The van der Waals surface area contributed by atoms with Crippen molar-refractivity contribution in [1.29, 1.82) is 0 Å². The normalized spacial score (nSPS) is 11.4. The fourth-order valence-corrected chi connectivity index (χ4v) is 4.22. The van der Waals surface area contributed by atoms with E-state index in [4.69, 9.17) is 14.2 Å². The van der Waals surface area contributed by atoms with Gasteiger partial charge in [-0.1, -0.05) is 50.8 Å². The number of methoxy groups -OCH3 is 1. The number of carbonyl (C=O) groups excluding carboxylic acids is 1. The Morgan fingerprint density at radius 2 is 1.83 bits per heavy atom. The maximum Gasteiger partial charge on any atom is 0.294 e. The molecule has 0 bridgehead atoms. The lowest BCUT2D eigenvalue weighted by atomic mass is 10.1.